The van der Waals surface area contributed by atoms with E-state index in [9.17, 15) is 13.2 Å². The number of alkyl halides is 3. The van der Waals surface area contributed by atoms with E-state index in [2.05, 4.69) is 40.7 Å². The molecule has 0 radical (unpaired) electrons. The predicted molar refractivity (Wildman–Crippen MR) is 103 cm³/mol. The summed E-state index contributed by atoms with van der Waals surface area (Å²) in [7, 11) is 0. The van der Waals surface area contributed by atoms with Crippen LogP contribution >= 0.6 is 0 Å². The second-order valence-electron chi connectivity index (χ2n) is 6.59. The largest absolute Gasteiger partial charge is 0.435 e. The fraction of sp³-hybridized carbons (Fsp3) is 0.136. The highest BCUT2D eigenvalue weighted by Crippen LogP contribution is 2.27. The Morgan fingerprint density at radius 3 is 2.18 bits per heavy atom. The molecule has 3 nitrogen and oxygen atoms in total. The highest BCUT2D eigenvalue weighted by atomic mass is 19.4. The van der Waals surface area contributed by atoms with Crippen LogP contribution in [0.4, 0.5) is 13.2 Å². The zero-order valence-corrected chi connectivity index (χ0v) is 14.9. The standard InChI is InChI=1S/C22H18F3N3/c23-22(24,25)21-11-12-28(27-21)20-9-6-16(7-10-20)14-26-15-17-5-8-18-3-1-2-4-19(18)13-17/h1-13,26H,14-15H2. The van der Waals surface area contributed by atoms with Crippen LogP contribution in [-0.4, -0.2) is 9.78 Å². The number of benzene rings is 3. The van der Waals surface area contributed by atoms with Gasteiger partial charge in [0, 0.05) is 19.3 Å². The summed E-state index contributed by atoms with van der Waals surface area (Å²) in [5, 5.41) is 9.41. The van der Waals surface area contributed by atoms with E-state index in [4.69, 9.17) is 0 Å². The first-order valence-electron chi connectivity index (χ1n) is 8.90. The van der Waals surface area contributed by atoms with Gasteiger partial charge >= 0.3 is 6.18 Å². The maximum Gasteiger partial charge on any atom is 0.435 e. The molecule has 0 amide bonds. The van der Waals surface area contributed by atoms with Gasteiger partial charge in [0.25, 0.3) is 0 Å². The smallest absolute Gasteiger partial charge is 0.309 e. The maximum absolute atomic E-state index is 12.7. The Labute approximate surface area is 160 Å². The van der Waals surface area contributed by atoms with Crippen LogP contribution in [0.5, 0.6) is 0 Å². The van der Waals surface area contributed by atoms with Crippen LogP contribution in [0.2, 0.25) is 0 Å². The molecule has 0 saturated carbocycles. The van der Waals surface area contributed by atoms with Crippen molar-refractivity contribution in [2.75, 3.05) is 0 Å². The third-order valence-corrected chi connectivity index (χ3v) is 4.55. The van der Waals surface area contributed by atoms with E-state index in [0.29, 0.717) is 12.2 Å². The van der Waals surface area contributed by atoms with Crippen LogP contribution < -0.4 is 5.32 Å². The van der Waals surface area contributed by atoms with Gasteiger partial charge < -0.3 is 5.32 Å². The lowest BCUT2D eigenvalue weighted by molar-refractivity contribution is -0.141. The molecule has 0 atom stereocenters. The lowest BCUT2D eigenvalue weighted by atomic mass is 10.1. The second-order valence-corrected chi connectivity index (χ2v) is 6.59. The van der Waals surface area contributed by atoms with E-state index >= 15 is 0 Å². The van der Waals surface area contributed by atoms with Gasteiger partial charge in [-0.1, -0.05) is 48.5 Å². The van der Waals surface area contributed by atoms with E-state index in [1.807, 2.05) is 24.3 Å². The molecule has 1 heterocycles. The second kappa shape index (κ2) is 7.48. The molecule has 4 rings (SSSR count). The molecule has 142 valence electrons. The van der Waals surface area contributed by atoms with Gasteiger partial charge in [-0.3, -0.25) is 0 Å². The molecule has 6 heteroatoms. The monoisotopic (exact) mass is 381 g/mol. The first-order chi connectivity index (χ1) is 13.5. The molecule has 1 aromatic heterocycles. The quantitative estimate of drug-likeness (QED) is 0.506. The lowest BCUT2D eigenvalue weighted by Crippen LogP contribution is -2.12. The van der Waals surface area contributed by atoms with Crippen LogP contribution in [0.1, 0.15) is 16.8 Å². The average molecular weight is 381 g/mol. The lowest BCUT2D eigenvalue weighted by Gasteiger charge is -2.08. The molecule has 0 bridgehead atoms. The summed E-state index contributed by atoms with van der Waals surface area (Å²) in [5.74, 6) is 0. The molecule has 1 N–H and O–H groups in total. The Balaban J connectivity index is 1.37. The fourth-order valence-electron chi connectivity index (χ4n) is 3.09. The molecule has 0 unspecified atom stereocenters. The molecule has 0 saturated heterocycles. The number of nitrogens with one attached hydrogen (secondary N) is 1. The van der Waals surface area contributed by atoms with E-state index in [0.717, 1.165) is 18.2 Å². The van der Waals surface area contributed by atoms with Crippen molar-refractivity contribution in [3.05, 3.63) is 95.8 Å². The summed E-state index contributed by atoms with van der Waals surface area (Å²) in [4.78, 5) is 0. The molecule has 28 heavy (non-hydrogen) atoms. The number of nitrogens with zero attached hydrogens (tertiary/aromatic N) is 2. The topological polar surface area (TPSA) is 29.9 Å². The Kier molecular flexibility index (Phi) is 4.88. The molecule has 0 aliphatic heterocycles. The van der Waals surface area contributed by atoms with Gasteiger partial charge in [0.1, 0.15) is 0 Å². The van der Waals surface area contributed by atoms with Crippen molar-refractivity contribution in [2.45, 2.75) is 19.3 Å². The minimum absolute atomic E-state index is 0.591. The Morgan fingerprint density at radius 2 is 1.46 bits per heavy atom. The number of fused-ring (bicyclic) bond motifs is 1. The van der Waals surface area contributed by atoms with Gasteiger partial charge in [-0.05, 0) is 46.2 Å². The van der Waals surface area contributed by atoms with Gasteiger partial charge in [-0.2, -0.15) is 18.3 Å². The highest BCUT2D eigenvalue weighted by molar-refractivity contribution is 5.82. The Morgan fingerprint density at radius 1 is 0.786 bits per heavy atom. The van der Waals surface area contributed by atoms with E-state index < -0.39 is 11.9 Å². The van der Waals surface area contributed by atoms with Crippen molar-refractivity contribution < 1.29 is 13.2 Å². The Hall–Kier alpha value is -3.12. The van der Waals surface area contributed by atoms with Crippen molar-refractivity contribution >= 4 is 10.8 Å². The van der Waals surface area contributed by atoms with Gasteiger partial charge in [0.15, 0.2) is 5.69 Å². The zero-order chi connectivity index (χ0) is 19.6. The van der Waals surface area contributed by atoms with Gasteiger partial charge in [0.2, 0.25) is 0 Å². The van der Waals surface area contributed by atoms with Crippen LogP contribution in [0.3, 0.4) is 0 Å². The van der Waals surface area contributed by atoms with Gasteiger partial charge in [-0.25, -0.2) is 4.68 Å². The van der Waals surface area contributed by atoms with Crippen molar-refractivity contribution in [1.82, 2.24) is 15.1 Å². The first-order valence-corrected chi connectivity index (χ1v) is 8.90. The van der Waals surface area contributed by atoms with Gasteiger partial charge in [-0.15, -0.1) is 0 Å². The van der Waals surface area contributed by atoms with Crippen LogP contribution in [0, 0.1) is 0 Å². The maximum atomic E-state index is 12.7. The van der Waals surface area contributed by atoms with Crippen molar-refractivity contribution in [3.63, 3.8) is 0 Å². The predicted octanol–water partition coefficient (Wildman–Crippen LogP) is 5.33. The summed E-state index contributed by atoms with van der Waals surface area (Å²) >= 11 is 0. The third-order valence-electron chi connectivity index (χ3n) is 4.55. The molecule has 0 aliphatic rings. The zero-order valence-electron chi connectivity index (χ0n) is 14.9. The van der Waals surface area contributed by atoms with Crippen molar-refractivity contribution in [2.24, 2.45) is 0 Å². The SMILES string of the molecule is FC(F)(F)c1ccn(-c2ccc(CNCc3ccc4ccccc4c3)cc2)n1. The summed E-state index contributed by atoms with van der Waals surface area (Å²) < 4.78 is 39.2. The molecular weight excluding hydrogens is 363 g/mol. The minimum atomic E-state index is -4.43. The summed E-state index contributed by atoms with van der Waals surface area (Å²) in [5.41, 5.74) is 1.95. The first kappa shape index (κ1) is 18.3. The Bertz CT molecular complexity index is 1080. The number of rotatable bonds is 5. The summed E-state index contributed by atoms with van der Waals surface area (Å²) in [6.45, 7) is 1.40. The molecule has 0 aliphatic carbocycles. The fourth-order valence-corrected chi connectivity index (χ4v) is 3.09. The molecule has 0 fully saturated rings. The molecular formula is C22H18F3N3. The van der Waals surface area contributed by atoms with Crippen molar-refractivity contribution in [1.29, 1.82) is 0 Å². The molecule has 4 aromatic rings. The van der Waals surface area contributed by atoms with Crippen LogP contribution in [-0.2, 0) is 19.3 Å². The van der Waals surface area contributed by atoms with Crippen molar-refractivity contribution in [3.8, 4) is 5.69 Å². The minimum Gasteiger partial charge on any atom is -0.309 e. The molecule has 0 spiro atoms. The normalized spacial score (nSPS) is 11.8. The van der Waals surface area contributed by atoms with Gasteiger partial charge in [0.05, 0.1) is 5.69 Å². The summed E-state index contributed by atoms with van der Waals surface area (Å²) in [6.07, 6.45) is -3.12. The summed E-state index contributed by atoms with van der Waals surface area (Å²) in [6, 6.07) is 22.9. The van der Waals surface area contributed by atoms with E-state index in [1.54, 1.807) is 12.1 Å². The average Bonchev–Trinajstić information content (AvgIpc) is 3.19. The number of hydrogen-bond acceptors (Lipinski definition) is 2. The number of hydrogen-bond donors (Lipinski definition) is 1. The van der Waals surface area contributed by atoms with Crippen LogP contribution in [0.15, 0.2) is 79.0 Å². The number of aromatic nitrogens is 2. The number of halogens is 3. The highest BCUT2D eigenvalue weighted by Gasteiger charge is 2.33. The third kappa shape index (κ3) is 4.07. The van der Waals surface area contributed by atoms with E-state index in [1.165, 1.54) is 27.2 Å². The van der Waals surface area contributed by atoms with Crippen LogP contribution in [0.25, 0.3) is 16.5 Å². The molecule has 3 aromatic carbocycles. The van der Waals surface area contributed by atoms with E-state index in [-0.39, 0.29) is 0 Å².